The molecule has 7 nitrogen and oxygen atoms in total. The number of hydrogen-bond acceptors (Lipinski definition) is 7. The number of ketones is 1. The van der Waals surface area contributed by atoms with Crippen LogP contribution in [0.3, 0.4) is 0 Å². The van der Waals surface area contributed by atoms with Gasteiger partial charge >= 0.3 is 0 Å². The first-order valence-electron chi connectivity index (χ1n) is 9.24. The van der Waals surface area contributed by atoms with Gasteiger partial charge in [-0.3, -0.25) is 15.1 Å². The smallest absolute Gasteiger partial charge is 0.286 e. The third kappa shape index (κ3) is 4.05. The van der Waals surface area contributed by atoms with E-state index in [0.717, 1.165) is 5.69 Å². The lowest BCUT2D eigenvalue weighted by molar-refractivity contribution is -0.660. The largest absolute Gasteiger partial charge is 0.463 e. The number of nitrogens with zero attached hydrogens (tertiary/aromatic N) is 2. The number of carbonyl (C=O) groups excluding carboxylic acids is 1. The quantitative estimate of drug-likeness (QED) is 0.487. The van der Waals surface area contributed by atoms with Crippen molar-refractivity contribution in [2.45, 2.75) is 26.0 Å². The monoisotopic (exact) mass is 400 g/mol. The topological polar surface area (TPSA) is 102 Å². The molecule has 1 aliphatic heterocycles. The number of aliphatic hydroxyl groups is 1. The van der Waals surface area contributed by atoms with Crippen molar-refractivity contribution in [3.63, 3.8) is 0 Å². The molecule has 0 saturated carbocycles. The average molecular weight is 400 g/mol. The van der Waals surface area contributed by atoms with Gasteiger partial charge in [-0.15, -0.1) is 0 Å². The number of ether oxygens (including phenoxy) is 1. The van der Waals surface area contributed by atoms with E-state index >= 15 is 0 Å². The number of quaternary nitrogens is 1. The second-order valence-corrected chi connectivity index (χ2v) is 7.83. The summed E-state index contributed by atoms with van der Waals surface area (Å²) in [6.07, 6.45) is 3.78. The van der Waals surface area contributed by atoms with Crippen LogP contribution in [0.5, 0.6) is 0 Å². The zero-order chi connectivity index (χ0) is 19.5. The molecule has 3 aromatic rings. The van der Waals surface area contributed by atoms with Crippen molar-refractivity contribution in [1.29, 1.82) is 0 Å². The van der Waals surface area contributed by atoms with Crippen LogP contribution in [0.25, 0.3) is 11.5 Å². The van der Waals surface area contributed by atoms with E-state index < -0.39 is 6.23 Å². The molecule has 0 aliphatic carbocycles. The van der Waals surface area contributed by atoms with Gasteiger partial charge in [0.25, 0.3) is 5.13 Å². The maximum atomic E-state index is 13.1. The van der Waals surface area contributed by atoms with Crippen LogP contribution in [0.1, 0.15) is 40.0 Å². The average Bonchev–Trinajstić information content (AvgIpc) is 3.38. The van der Waals surface area contributed by atoms with Gasteiger partial charge in [0.05, 0.1) is 11.8 Å². The van der Waals surface area contributed by atoms with Crippen molar-refractivity contribution in [2.24, 2.45) is 5.92 Å². The number of furan rings is 1. The summed E-state index contributed by atoms with van der Waals surface area (Å²) >= 11 is 1.29. The standard InChI is InChI=1S/C20H21N3O4S/c1-12-4-5-14(11-21-12)19(25)23-20-22-16(15-3-2-8-27-15)18(28-20)17(24)13-6-9-26-10-7-13/h2-5,8,11,13,19,25H,6-7,9-10H2,1H3,(H,22,23)/p+1. The number of carbonyl (C=O) groups is 1. The molecule has 8 heteroatoms. The highest BCUT2D eigenvalue weighted by Crippen LogP contribution is 2.33. The fraction of sp³-hybridized carbons (Fsp3) is 0.350. The minimum atomic E-state index is -0.852. The van der Waals surface area contributed by atoms with Crippen molar-refractivity contribution in [3.8, 4) is 11.5 Å². The van der Waals surface area contributed by atoms with Gasteiger partial charge < -0.3 is 14.3 Å². The Balaban J connectivity index is 1.61. The second-order valence-electron chi connectivity index (χ2n) is 6.80. The Bertz CT molecular complexity index is 931. The number of nitrogens with two attached hydrogens (primary N) is 1. The maximum absolute atomic E-state index is 13.1. The van der Waals surface area contributed by atoms with Crippen LogP contribution >= 0.6 is 11.3 Å². The van der Waals surface area contributed by atoms with Crippen molar-refractivity contribution in [2.75, 3.05) is 13.2 Å². The zero-order valence-corrected chi connectivity index (χ0v) is 16.3. The summed E-state index contributed by atoms with van der Waals surface area (Å²) in [5.74, 6) is 0.554. The lowest BCUT2D eigenvalue weighted by atomic mass is 9.94. The highest BCUT2D eigenvalue weighted by molar-refractivity contribution is 7.17. The molecule has 1 saturated heterocycles. The molecule has 4 heterocycles. The van der Waals surface area contributed by atoms with Crippen molar-refractivity contribution >= 4 is 22.3 Å². The summed E-state index contributed by atoms with van der Waals surface area (Å²) in [6, 6.07) is 7.24. The highest BCUT2D eigenvalue weighted by atomic mass is 32.1. The molecule has 3 aromatic heterocycles. The first-order valence-corrected chi connectivity index (χ1v) is 10.1. The molecule has 1 unspecified atom stereocenters. The van der Waals surface area contributed by atoms with Crippen molar-refractivity contribution in [3.05, 3.63) is 52.9 Å². The van der Waals surface area contributed by atoms with Gasteiger partial charge in [-0.05, 0) is 44.0 Å². The summed E-state index contributed by atoms with van der Waals surface area (Å²) in [5.41, 5.74) is 2.10. The molecule has 1 atom stereocenters. The van der Waals surface area contributed by atoms with Crippen LogP contribution in [-0.4, -0.2) is 34.1 Å². The van der Waals surface area contributed by atoms with E-state index in [1.54, 1.807) is 29.9 Å². The second kappa shape index (κ2) is 8.32. The van der Waals surface area contributed by atoms with Crippen LogP contribution in [0.15, 0.2) is 41.1 Å². The summed E-state index contributed by atoms with van der Waals surface area (Å²) in [4.78, 5) is 22.5. The first kappa shape index (κ1) is 18.9. The van der Waals surface area contributed by atoms with Gasteiger partial charge in [0, 0.05) is 31.0 Å². The number of thiazole rings is 1. The molecule has 0 bridgehead atoms. The van der Waals surface area contributed by atoms with E-state index in [1.165, 1.54) is 11.3 Å². The number of aromatic nitrogens is 2. The maximum Gasteiger partial charge on any atom is 0.286 e. The van der Waals surface area contributed by atoms with Crippen LogP contribution in [0, 0.1) is 12.8 Å². The zero-order valence-electron chi connectivity index (χ0n) is 15.5. The van der Waals surface area contributed by atoms with Gasteiger partial charge in [-0.2, -0.15) is 4.98 Å². The van der Waals surface area contributed by atoms with Crippen LogP contribution in [0.4, 0.5) is 5.13 Å². The SMILES string of the molecule is Cc1ccc(C(O)[NH2+]c2nc(-c3ccco3)c(C(=O)C3CCOCC3)s2)cn1. The molecule has 3 N–H and O–H groups in total. The Morgan fingerprint density at radius 2 is 2.14 bits per heavy atom. The fourth-order valence-corrected chi connectivity index (χ4v) is 4.24. The lowest BCUT2D eigenvalue weighted by Gasteiger charge is -2.20. The van der Waals surface area contributed by atoms with E-state index in [0.29, 0.717) is 53.1 Å². The highest BCUT2D eigenvalue weighted by Gasteiger charge is 2.30. The molecular weight excluding hydrogens is 378 g/mol. The van der Waals surface area contributed by atoms with Crippen LogP contribution in [-0.2, 0) is 4.74 Å². The minimum Gasteiger partial charge on any atom is -0.463 e. The fourth-order valence-electron chi connectivity index (χ4n) is 3.19. The number of pyridine rings is 1. The molecule has 0 radical (unpaired) electrons. The number of rotatable bonds is 6. The van der Waals surface area contributed by atoms with Gasteiger partial charge in [0.2, 0.25) is 6.23 Å². The number of aliphatic hydroxyl groups excluding tert-OH is 1. The van der Waals surface area contributed by atoms with E-state index in [4.69, 9.17) is 9.15 Å². The third-order valence-electron chi connectivity index (χ3n) is 4.79. The van der Waals surface area contributed by atoms with Crippen LogP contribution in [0.2, 0.25) is 0 Å². The molecule has 4 rings (SSSR count). The minimum absolute atomic E-state index is 0.0676. The van der Waals surface area contributed by atoms with E-state index in [1.807, 2.05) is 19.1 Å². The Morgan fingerprint density at radius 3 is 2.82 bits per heavy atom. The van der Waals surface area contributed by atoms with Gasteiger partial charge in [0.1, 0.15) is 10.6 Å². The number of hydrogen-bond donors (Lipinski definition) is 2. The molecule has 0 spiro atoms. The predicted molar refractivity (Wildman–Crippen MR) is 103 cm³/mol. The van der Waals surface area contributed by atoms with E-state index in [9.17, 15) is 9.90 Å². The summed E-state index contributed by atoms with van der Waals surface area (Å²) in [6.45, 7) is 3.09. The molecule has 28 heavy (non-hydrogen) atoms. The molecule has 0 amide bonds. The van der Waals surface area contributed by atoms with E-state index in [2.05, 4.69) is 9.97 Å². The molecule has 1 aliphatic rings. The summed E-state index contributed by atoms with van der Waals surface area (Å²) in [5, 5.41) is 12.8. The normalized spacial score (nSPS) is 16.2. The number of aryl methyl sites for hydroxylation is 1. The third-order valence-corrected chi connectivity index (χ3v) is 5.83. The molecule has 0 aromatic carbocycles. The van der Waals surface area contributed by atoms with Crippen LogP contribution < -0.4 is 5.32 Å². The van der Waals surface area contributed by atoms with Crippen molar-refractivity contribution < 1.29 is 24.4 Å². The lowest BCUT2D eigenvalue weighted by Crippen LogP contribution is -2.79. The van der Waals surface area contributed by atoms with Crippen molar-refractivity contribution in [1.82, 2.24) is 9.97 Å². The molecule has 146 valence electrons. The molecule has 1 fully saturated rings. The molecular formula is C20H22N3O4S+. The predicted octanol–water partition coefficient (Wildman–Crippen LogP) is 2.60. The van der Waals surface area contributed by atoms with Gasteiger partial charge in [0.15, 0.2) is 11.5 Å². The van der Waals surface area contributed by atoms with Gasteiger partial charge in [-0.1, -0.05) is 11.3 Å². The summed E-state index contributed by atoms with van der Waals surface area (Å²) in [7, 11) is 0. The Labute approximate surface area is 166 Å². The van der Waals surface area contributed by atoms with Gasteiger partial charge in [-0.25, -0.2) is 0 Å². The Hall–Kier alpha value is -2.39. The Kier molecular flexibility index (Phi) is 5.63. The summed E-state index contributed by atoms with van der Waals surface area (Å²) < 4.78 is 10.9. The van der Waals surface area contributed by atoms with E-state index in [-0.39, 0.29) is 11.7 Å². The Morgan fingerprint density at radius 1 is 1.32 bits per heavy atom. The first-order chi connectivity index (χ1) is 13.6. The number of Topliss-reactive ketones (excluding diaryl/α,β-unsaturated/α-hetero) is 1.